The monoisotopic (exact) mass is 477 g/mol. The second-order valence-corrected chi connectivity index (χ2v) is 11.6. The Balaban J connectivity index is 1.47. The summed E-state index contributed by atoms with van der Waals surface area (Å²) < 4.78 is 29.0. The first-order chi connectivity index (χ1) is 15.8. The zero-order valence-electron chi connectivity index (χ0n) is 19.6. The maximum absolute atomic E-state index is 13.6. The number of ether oxygens (including phenoxy) is 1. The predicted molar refractivity (Wildman–Crippen MR) is 126 cm³/mol. The Bertz CT molecular complexity index is 957. The van der Waals surface area contributed by atoms with Crippen LogP contribution in [0.25, 0.3) is 0 Å². The molecule has 33 heavy (non-hydrogen) atoms. The number of sulfone groups is 1. The van der Waals surface area contributed by atoms with Gasteiger partial charge in [0.15, 0.2) is 9.84 Å². The number of hydrogen-bond acceptors (Lipinski definition) is 6. The molecular weight excluding hydrogens is 442 g/mol. The predicted octanol–water partition coefficient (Wildman–Crippen LogP) is 1.72. The lowest BCUT2D eigenvalue weighted by molar-refractivity contribution is -0.138. The number of hydrogen-bond donors (Lipinski definition) is 0. The van der Waals surface area contributed by atoms with Gasteiger partial charge in [-0.3, -0.25) is 14.5 Å². The molecule has 0 spiro atoms. The Hall–Kier alpha value is -2.13. The molecule has 0 aliphatic carbocycles. The van der Waals surface area contributed by atoms with E-state index in [2.05, 4.69) is 11.8 Å². The van der Waals surface area contributed by atoms with Crippen molar-refractivity contribution in [3.8, 4) is 5.75 Å². The van der Waals surface area contributed by atoms with Gasteiger partial charge in [0, 0.05) is 45.2 Å². The second-order valence-electron chi connectivity index (χ2n) is 9.39. The van der Waals surface area contributed by atoms with Crippen LogP contribution < -0.4 is 4.74 Å². The molecule has 3 heterocycles. The van der Waals surface area contributed by atoms with Crippen LogP contribution in [0, 0.1) is 5.92 Å². The van der Waals surface area contributed by atoms with Gasteiger partial charge in [0.05, 0.1) is 30.6 Å². The molecule has 2 amide bonds. The fourth-order valence-electron chi connectivity index (χ4n) is 5.42. The Morgan fingerprint density at radius 2 is 1.82 bits per heavy atom. The van der Waals surface area contributed by atoms with Crippen LogP contribution in [0.4, 0.5) is 0 Å². The van der Waals surface area contributed by atoms with Crippen LogP contribution >= 0.6 is 0 Å². The molecule has 1 aromatic rings. The van der Waals surface area contributed by atoms with Gasteiger partial charge in [0.1, 0.15) is 5.75 Å². The molecule has 9 heteroatoms. The molecule has 3 saturated heterocycles. The van der Waals surface area contributed by atoms with E-state index in [0.717, 1.165) is 24.2 Å². The average Bonchev–Trinajstić information content (AvgIpc) is 3.36. The van der Waals surface area contributed by atoms with Gasteiger partial charge in [-0.25, -0.2) is 8.42 Å². The minimum absolute atomic E-state index is 0.0295. The fraction of sp³-hybridized carbons (Fsp3) is 0.667. The maximum atomic E-state index is 13.6. The number of piperazine rings is 1. The van der Waals surface area contributed by atoms with Crippen LogP contribution in [0.2, 0.25) is 0 Å². The van der Waals surface area contributed by atoms with Crippen molar-refractivity contribution in [2.45, 2.75) is 44.7 Å². The van der Waals surface area contributed by atoms with Gasteiger partial charge in [0.25, 0.3) is 0 Å². The van der Waals surface area contributed by atoms with Gasteiger partial charge in [-0.1, -0.05) is 25.5 Å². The van der Waals surface area contributed by atoms with E-state index in [1.54, 1.807) is 7.11 Å². The van der Waals surface area contributed by atoms with Gasteiger partial charge in [-0.15, -0.1) is 0 Å². The van der Waals surface area contributed by atoms with Gasteiger partial charge in [0.2, 0.25) is 11.8 Å². The summed E-state index contributed by atoms with van der Waals surface area (Å²) in [7, 11) is -1.31. The molecule has 3 fully saturated rings. The van der Waals surface area contributed by atoms with Crippen molar-refractivity contribution in [2.75, 3.05) is 51.3 Å². The van der Waals surface area contributed by atoms with Crippen molar-refractivity contribution < 1.29 is 22.7 Å². The topological polar surface area (TPSA) is 87.2 Å². The van der Waals surface area contributed by atoms with Crippen LogP contribution in [0.1, 0.15) is 44.2 Å². The highest BCUT2D eigenvalue weighted by Gasteiger charge is 2.46. The molecule has 3 atom stereocenters. The molecule has 0 N–H and O–H groups in total. The Morgan fingerprint density at radius 1 is 1.12 bits per heavy atom. The molecule has 3 aliphatic heterocycles. The van der Waals surface area contributed by atoms with E-state index in [1.165, 1.54) is 0 Å². The van der Waals surface area contributed by atoms with Crippen molar-refractivity contribution in [1.29, 1.82) is 0 Å². The quantitative estimate of drug-likeness (QED) is 0.594. The highest BCUT2D eigenvalue weighted by atomic mass is 32.2. The molecule has 0 bridgehead atoms. The van der Waals surface area contributed by atoms with Gasteiger partial charge in [-0.2, -0.15) is 0 Å². The fourth-order valence-corrected chi connectivity index (χ4v) is 7.18. The van der Waals surface area contributed by atoms with Gasteiger partial charge >= 0.3 is 0 Å². The lowest BCUT2D eigenvalue weighted by Crippen LogP contribution is -2.53. The number of amides is 2. The molecular formula is C24H35N3O5S. The third-order valence-corrected chi connectivity index (χ3v) is 9.06. The minimum atomic E-state index is -2.92. The van der Waals surface area contributed by atoms with E-state index in [4.69, 9.17) is 4.74 Å². The van der Waals surface area contributed by atoms with Crippen LogP contribution in [0.5, 0.6) is 5.75 Å². The average molecular weight is 478 g/mol. The van der Waals surface area contributed by atoms with E-state index in [-0.39, 0.29) is 41.8 Å². The first-order valence-corrected chi connectivity index (χ1v) is 13.8. The summed E-state index contributed by atoms with van der Waals surface area (Å²) in [4.78, 5) is 32.5. The third kappa shape index (κ3) is 5.19. The first kappa shape index (κ1) is 24.0. The van der Waals surface area contributed by atoms with E-state index >= 15 is 0 Å². The zero-order valence-corrected chi connectivity index (χ0v) is 20.4. The summed E-state index contributed by atoms with van der Waals surface area (Å²) in [6, 6.07) is 7.48. The largest absolute Gasteiger partial charge is 0.497 e. The van der Waals surface area contributed by atoms with E-state index < -0.39 is 15.8 Å². The van der Waals surface area contributed by atoms with E-state index in [1.807, 2.05) is 34.1 Å². The van der Waals surface area contributed by atoms with Crippen molar-refractivity contribution in [3.63, 3.8) is 0 Å². The Labute approximate surface area is 196 Å². The summed E-state index contributed by atoms with van der Waals surface area (Å²) >= 11 is 0. The summed E-state index contributed by atoms with van der Waals surface area (Å²) in [6.07, 6.45) is 2.80. The summed E-state index contributed by atoms with van der Waals surface area (Å²) in [5.41, 5.74) is 0.964. The Morgan fingerprint density at radius 3 is 2.39 bits per heavy atom. The number of rotatable bonds is 7. The van der Waals surface area contributed by atoms with E-state index in [0.29, 0.717) is 39.1 Å². The van der Waals surface area contributed by atoms with Gasteiger partial charge in [-0.05, 0) is 30.5 Å². The third-order valence-electron chi connectivity index (χ3n) is 7.31. The highest BCUT2D eigenvalue weighted by Crippen LogP contribution is 2.40. The summed E-state index contributed by atoms with van der Waals surface area (Å²) in [5, 5.41) is 0. The minimum Gasteiger partial charge on any atom is -0.497 e. The molecule has 1 aromatic carbocycles. The molecule has 0 unspecified atom stereocenters. The zero-order chi connectivity index (χ0) is 23.6. The van der Waals surface area contributed by atoms with Crippen molar-refractivity contribution in [2.24, 2.45) is 5.92 Å². The molecule has 4 rings (SSSR count). The van der Waals surface area contributed by atoms with Crippen molar-refractivity contribution >= 4 is 21.7 Å². The van der Waals surface area contributed by atoms with Crippen LogP contribution in [-0.4, -0.2) is 92.3 Å². The molecule has 0 radical (unpaired) electrons. The van der Waals surface area contributed by atoms with E-state index in [9.17, 15) is 18.0 Å². The number of carbonyl (C=O) groups excluding carboxylic acids is 2. The van der Waals surface area contributed by atoms with Crippen LogP contribution in [-0.2, 0) is 19.4 Å². The SMILES string of the molecule is CCCCN1C(=O)C[C@H](C(=O)N2CCN([C@H]3CCS(=O)(=O)C3)CC2)[C@H]1c1ccc(OC)cc1. The molecule has 8 nitrogen and oxygen atoms in total. The molecule has 182 valence electrons. The highest BCUT2D eigenvalue weighted by molar-refractivity contribution is 7.91. The number of likely N-dealkylation sites (tertiary alicyclic amines) is 1. The normalized spacial score (nSPS) is 27.8. The number of benzene rings is 1. The van der Waals surface area contributed by atoms with Crippen molar-refractivity contribution in [3.05, 3.63) is 29.8 Å². The summed E-state index contributed by atoms with van der Waals surface area (Å²) in [5.74, 6) is 0.902. The number of unbranched alkanes of at least 4 members (excludes halogenated alkanes) is 1. The van der Waals surface area contributed by atoms with Crippen LogP contribution in [0.3, 0.4) is 0 Å². The lowest BCUT2D eigenvalue weighted by atomic mass is 9.91. The van der Waals surface area contributed by atoms with Gasteiger partial charge < -0.3 is 14.5 Å². The number of nitrogens with zero attached hydrogens (tertiary/aromatic N) is 3. The molecule has 3 aliphatic rings. The number of carbonyl (C=O) groups is 2. The lowest BCUT2D eigenvalue weighted by Gasteiger charge is -2.39. The van der Waals surface area contributed by atoms with Crippen LogP contribution in [0.15, 0.2) is 24.3 Å². The van der Waals surface area contributed by atoms with Crippen molar-refractivity contribution in [1.82, 2.24) is 14.7 Å². The molecule has 0 aromatic heterocycles. The smallest absolute Gasteiger partial charge is 0.228 e. The first-order valence-electron chi connectivity index (χ1n) is 12.0. The Kier molecular flexibility index (Phi) is 7.28. The standard InChI is InChI=1S/C24H35N3O5S/c1-3-4-10-27-22(28)16-21(23(27)18-5-7-20(32-2)8-6-18)24(29)26-13-11-25(12-14-26)19-9-15-33(30,31)17-19/h5-8,19,21,23H,3-4,9-17H2,1-2H3/t19-,21-,23+/m0/s1. The second kappa shape index (κ2) is 10.0. The number of methoxy groups -OCH3 is 1. The summed E-state index contributed by atoms with van der Waals surface area (Å²) in [6.45, 7) is 5.26. The molecule has 0 saturated carbocycles. The maximum Gasteiger partial charge on any atom is 0.228 e.